The first-order valence-electron chi connectivity index (χ1n) is 7.38. The van der Waals surface area contributed by atoms with Crippen LogP contribution in [0.15, 0.2) is 12.1 Å². The van der Waals surface area contributed by atoms with Crippen molar-refractivity contribution in [3.8, 4) is 11.5 Å². The second kappa shape index (κ2) is 4.77. The zero-order valence-corrected chi connectivity index (χ0v) is 14.0. The Hall–Kier alpha value is -1.49. The molecule has 3 atom stereocenters. The van der Waals surface area contributed by atoms with Crippen LogP contribution in [0.4, 0.5) is 0 Å². The predicted octanol–water partition coefficient (Wildman–Crippen LogP) is 3.00. The highest BCUT2D eigenvalue weighted by molar-refractivity contribution is 7.80. The number of aryl methyl sites for hydroxylation is 1. The molecule has 2 aliphatic rings. The van der Waals surface area contributed by atoms with E-state index in [1.165, 1.54) is 11.1 Å². The van der Waals surface area contributed by atoms with Crippen LogP contribution in [0, 0.1) is 12.8 Å². The summed E-state index contributed by atoms with van der Waals surface area (Å²) in [5.41, 5.74) is 1.94. The van der Waals surface area contributed by atoms with Crippen LogP contribution in [0.25, 0.3) is 0 Å². The summed E-state index contributed by atoms with van der Waals surface area (Å²) >= 11 is 5.54. The van der Waals surface area contributed by atoms with E-state index in [1.54, 1.807) is 7.11 Å². The number of rotatable bonds is 2. The van der Waals surface area contributed by atoms with Crippen molar-refractivity contribution in [2.75, 3.05) is 13.7 Å². The third-order valence-electron chi connectivity index (χ3n) is 4.91. The van der Waals surface area contributed by atoms with E-state index in [1.807, 2.05) is 6.07 Å². The predicted molar refractivity (Wildman–Crippen MR) is 86.8 cm³/mol. The molecule has 2 aliphatic heterocycles. The van der Waals surface area contributed by atoms with Crippen molar-refractivity contribution in [3.63, 3.8) is 0 Å². The highest BCUT2D eigenvalue weighted by Crippen LogP contribution is 2.49. The highest BCUT2D eigenvalue weighted by Gasteiger charge is 2.53. The summed E-state index contributed by atoms with van der Waals surface area (Å²) < 4.78 is 11.8. The van der Waals surface area contributed by atoms with Gasteiger partial charge in [-0.05, 0) is 44.6 Å². The molecule has 5 heteroatoms. The van der Waals surface area contributed by atoms with E-state index in [4.69, 9.17) is 21.7 Å². The molecule has 3 rings (SSSR count). The lowest BCUT2D eigenvalue weighted by Crippen LogP contribution is -2.68. The lowest BCUT2D eigenvalue weighted by atomic mass is 9.79. The molecular weight excluding hydrogens is 284 g/mol. The molecule has 0 aromatic heterocycles. The third-order valence-corrected chi connectivity index (χ3v) is 5.25. The molecular formula is C16H22N2O2S. The Morgan fingerprint density at radius 1 is 1.48 bits per heavy atom. The van der Waals surface area contributed by atoms with Crippen molar-refractivity contribution in [3.05, 3.63) is 23.3 Å². The van der Waals surface area contributed by atoms with Crippen molar-refractivity contribution >= 4 is 17.3 Å². The molecule has 2 bridgehead atoms. The minimum absolute atomic E-state index is 0.181. The quantitative estimate of drug-likeness (QED) is 0.850. The first-order valence-corrected chi connectivity index (χ1v) is 7.78. The number of benzene rings is 1. The van der Waals surface area contributed by atoms with Gasteiger partial charge in [-0.25, -0.2) is 0 Å². The lowest BCUT2D eigenvalue weighted by Gasteiger charge is -2.56. The second-order valence-corrected chi connectivity index (χ2v) is 6.36. The molecule has 1 aromatic carbocycles. The monoisotopic (exact) mass is 306 g/mol. The molecule has 1 fully saturated rings. The van der Waals surface area contributed by atoms with Crippen molar-refractivity contribution in [2.24, 2.45) is 5.92 Å². The highest BCUT2D eigenvalue weighted by atomic mass is 32.1. The SMILES string of the molecule is CCN1C(=S)NC2c3c(C)cc(OC)cc3OC1(C)C2C. The Bertz CT molecular complexity index is 604. The van der Waals surface area contributed by atoms with Gasteiger partial charge in [-0.2, -0.15) is 0 Å². The minimum Gasteiger partial charge on any atom is -0.497 e. The number of nitrogens with one attached hydrogen (secondary N) is 1. The topological polar surface area (TPSA) is 33.7 Å². The van der Waals surface area contributed by atoms with Crippen molar-refractivity contribution in [2.45, 2.75) is 39.5 Å². The van der Waals surface area contributed by atoms with Gasteiger partial charge in [0, 0.05) is 24.1 Å². The van der Waals surface area contributed by atoms with Gasteiger partial charge < -0.3 is 19.7 Å². The Kier molecular flexibility index (Phi) is 3.28. The summed E-state index contributed by atoms with van der Waals surface area (Å²) in [5.74, 6) is 2.02. The first-order chi connectivity index (χ1) is 9.92. The first kappa shape index (κ1) is 14.4. The molecule has 1 aromatic rings. The molecule has 1 saturated heterocycles. The molecule has 3 unspecified atom stereocenters. The largest absolute Gasteiger partial charge is 0.497 e. The van der Waals surface area contributed by atoms with Crippen LogP contribution in [-0.2, 0) is 0 Å². The zero-order valence-electron chi connectivity index (χ0n) is 13.2. The summed E-state index contributed by atoms with van der Waals surface area (Å²) in [6, 6.07) is 4.21. The van der Waals surface area contributed by atoms with Crippen molar-refractivity contribution < 1.29 is 9.47 Å². The van der Waals surface area contributed by atoms with Gasteiger partial charge in [0.2, 0.25) is 0 Å². The number of hydrogen-bond donors (Lipinski definition) is 1. The van der Waals surface area contributed by atoms with Gasteiger partial charge in [0.15, 0.2) is 10.8 Å². The van der Waals surface area contributed by atoms with Crippen molar-refractivity contribution in [1.29, 1.82) is 0 Å². The third kappa shape index (κ3) is 1.90. The fraction of sp³-hybridized carbons (Fsp3) is 0.562. The van der Waals surface area contributed by atoms with Crippen LogP contribution in [-0.4, -0.2) is 29.4 Å². The zero-order chi connectivity index (χ0) is 15.4. The summed E-state index contributed by atoms with van der Waals surface area (Å²) in [4.78, 5) is 2.13. The summed E-state index contributed by atoms with van der Waals surface area (Å²) in [7, 11) is 1.68. The average Bonchev–Trinajstić information content (AvgIpc) is 2.42. The molecule has 1 N–H and O–H groups in total. The smallest absolute Gasteiger partial charge is 0.186 e. The standard InChI is InChI=1S/C16H22N2O2S/c1-6-18-15(21)17-14-10(3)16(18,4)20-12-8-11(19-5)7-9(2)13(12)14/h7-8,10,14H,6H2,1-5H3,(H,17,21). The Morgan fingerprint density at radius 3 is 2.81 bits per heavy atom. The molecule has 2 heterocycles. The van der Waals surface area contributed by atoms with Gasteiger partial charge in [-0.1, -0.05) is 6.92 Å². The minimum atomic E-state index is -0.423. The number of fused-ring (bicyclic) bond motifs is 4. The van der Waals surface area contributed by atoms with Crippen LogP contribution >= 0.6 is 12.2 Å². The summed E-state index contributed by atoms with van der Waals surface area (Å²) in [6.45, 7) is 9.35. The number of ether oxygens (including phenoxy) is 2. The van der Waals surface area contributed by atoms with Crippen LogP contribution in [0.3, 0.4) is 0 Å². The summed E-state index contributed by atoms with van der Waals surface area (Å²) in [6.07, 6.45) is 0. The van der Waals surface area contributed by atoms with E-state index in [0.29, 0.717) is 5.92 Å². The van der Waals surface area contributed by atoms with Gasteiger partial charge in [0.1, 0.15) is 11.5 Å². The molecule has 0 saturated carbocycles. The Labute approximate surface area is 131 Å². The molecule has 21 heavy (non-hydrogen) atoms. The second-order valence-electron chi connectivity index (χ2n) is 5.97. The van der Waals surface area contributed by atoms with E-state index in [2.05, 4.69) is 44.0 Å². The normalized spacial score (nSPS) is 30.3. The molecule has 0 radical (unpaired) electrons. The number of methoxy groups -OCH3 is 1. The van der Waals surface area contributed by atoms with Gasteiger partial charge in [0.25, 0.3) is 0 Å². The van der Waals surface area contributed by atoms with Crippen LogP contribution < -0.4 is 14.8 Å². The molecule has 0 spiro atoms. The average molecular weight is 306 g/mol. The Balaban J connectivity index is 2.17. The van der Waals surface area contributed by atoms with Gasteiger partial charge >= 0.3 is 0 Å². The summed E-state index contributed by atoms with van der Waals surface area (Å²) in [5, 5.41) is 4.26. The number of hydrogen-bond acceptors (Lipinski definition) is 3. The van der Waals surface area contributed by atoms with E-state index in [-0.39, 0.29) is 6.04 Å². The van der Waals surface area contributed by atoms with Gasteiger partial charge in [0.05, 0.1) is 13.2 Å². The van der Waals surface area contributed by atoms with E-state index < -0.39 is 5.72 Å². The maximum Gasteiger partial charge on any atom is 0.186 e. The van der Waals surface area contributed by atoms with Gasteiger partial charge in [-0.3, -0.25) is 0 Å². The Morgan fingerprint density at radius 2 is 2.19 bits per heavy atom. The van der Waals surface area contributed by atoms with E-state index in [9.17, 15) is 0 Å². The molecule has 0 aliphatic carbocycles. The molecule has 0 amide bonds. The maximum atomic E-state index is 6.42. The van der Waals surface area contributed by atoms with Crippen LogP contribution in [0.5, 0.6) is 11.5 Å². The molecule has 4 nitrogen and oxygen atoms in total. The van der Waals surface area contributed by atoms with E-state index in [0.717, 1.165) is 23.2 Å². The fourth-order valence-corrected chi connectivity index (χ4v) is 4.02. The van der Waals surface area contributed by atoms with E-state index >= 15 is 0 Å². The van der Waals surface area contributed by atoms with Crippen LogP contribution in [0.2, 0.25) is 0 Å². The van der Waals surface area contributed by atoms with Crippen molar-refractivity contribution in [1.82, 2.24) is 10.2 Å². The maximum absolute atomic E-state index is 6.42. The van der Waals surface area contributed by atoms with Crippen LogP contribution in [0.1, 0.15) is 37.9 Å². The fourth-order valence-electron chi connectivity index (χ4n) is 3.58. The van der Waals surface area contributed by atoms with Gasteiger partial charge in [-0.15, -0.1) is 0 Å². The lowest BCUT2D eigenvalue weighted by molar-refractivity contribution is -0.108. The number of nitrogens with zero attached hydrogens (tertiary/aromatic N) is 1. The molecule has 114 valence electrons. The number of thiocarbonyl (C=S) groups is 1.